The Hall–Kier alpha value is -1.22. The zero-order valence-electron chi connectivity index (χ0n) is 7.61. The van der Waals surface area contributed by atoms with Crippen molar-refractivity contribution >= 4 is 11.3 Å². The summed E-state index contributed by atoms with van der Waals surface area (Å²) in [5, 5.41) is 3.16. The third kappa shape index (κ3) is 1.60. The van der Waals surface area contributed by atoms with Gasteiger partial charge in [-0.3, -0.25) is 4.98 Å². The molecule has 0 fully saturated rings. The van der Waals surface area contributed by atoms with Crippen molar-refractivity contribution in [2.75, 3.05) is 0 Å². The number of rotatable bonds is 1. The Bertz CT molecular complexity index is 420. The molecule has 66 valence electrons. The van der Waals surface area contributed by atoms with Crippen molar-refractivity contribution < 1.29 is 0 Å². The molecule has 0 N–H and O–H groups in total. The molecule has 0 saturated heterocycles. The van der Waals surface area contributed by atoms with E-state index in [9.17, 15) is 0 Å². The summed E-state index contributed by atoms with van der Waals surface area (Å²) >= 11 is 1.67. The average molecular weight is 190 g/mol. The van der Waals surface area contributed by atoms with Gasteiger partial charge in [0.15, 0.2) is 0 Å². The lowest BCUT2D eigenvalue weighted by molar-refractivity contribution is 1.24. The van der Waals surface area contributed by atoms with Crippen LogP contribution in [0.1, 0.15) is 10.6 Å². The minimum Gasteiger partial charge on any atom is -0.264 e. The zero-order chi connectivity index (χ0) is 9.26. The largest absolute Gasteiger partial charge is 0.264 e. The second-order valence-electron chi connectivity index (χ2n) is 2.94. The van der Waals surface area contributed by atoms with Gasteiger partial charge in [0.25, 0.3) is 0 Å². The lowest BCUT2D eigenvalue weighted by Crippen LogP contribution is -1.84. The summed E-state index contributed by atoms with van der Waals surface area (Å²) in [6.45, 7) is 4.09. The number of hydrogen-bond donors (Lipinski definition) is 0. The van der Waals surface area contributed by atoms with Gasteiger partial charge in [0.1, 0.15) is 0 Å². The van der Waals surface area contributed by atoms with Crippen LogP contribution in [0.15, 0.2) is 23.8 Å². The molecule has 2 heterocycles. The monoisotopic (exact) mass is 190 g/mol. The van der Waals surface area contributed by atoms with Crippen molar-refractivity contribution in [1.82, 2.24) is 9.97 Å². The van der Waals surface area contributed by atoms with Gasteiger partial charge in [0.2, 0.25) is 0 Å². The first-order valence-electron chi connectivity index (χ1n) is 4.10. The van der Waals surface area contributed by atoms with Crippen LogP contribution in [0.3, 0.4) is 0 Å². The molecule has 0 aliphatic heterocycles. The number of aromatic nitrogens is 2. The Balaban J connectivity index is 2.52. The first kappa shape index (κ1) is 8.38. The van der Waals surface area contributed by atoms with Crippen molar-refractivity contribution in [3.8, 4) is 11.3 Å². The maximum atomic E-state index is 4.42. The Morgan fingerprint density at radius 1 is 1.31 bits per heavy atom. The van der Waals surface area contributed by atoms with E-state index in [2.05, 4.69) is 22.3 Å². The number of aryl methyl sites for hydroxylation is 2. The van der Waals surface area contributed by atoms with Crippen molar-refractivity contribution in [3.63, 3.8) is 0 Å². The molecule has 0 unspecified atom stereocenters. The van der Waals surface area contributed by atoms with Crippen LogP contribution < -0.4 is 0 Å². The molecule has 13 heavy (non-hydrogen) atoms. The van der Waals surface area contributed by atoms with Crippen LogP contribution >= 0.6 is 11.3 Å². The van der Waals surface area contributed by atoms with Crippen molar-refractivity contribution in [2.45, 2.75) is 13.8 Å². The molecule has 2 rings (SSSR count). The molecule has 0 bridgehead atoms. The highest BCUT2D eigenvalue weighted by Crippen LogP contribution is 2.23. The van der Waals surface area contributed by atoms with Crippen LogP contribution in [-0.2, 0) is 0 Å². The highest BCUT2D eigenvalue weighted by molar-refractivity contribution is 7.09. The summed E-state index contributed by atoms with van der Waals surface area (Å²) < 4.78 is 0. The summed E-state index contributed by atoms with van der Waals surface area (Å²) in [5.74, 6) is 0. The standard InChI is InChI=1S/C10H10N2S/c1-7-3-4-11-5-9(7)10-6-13-8(2)12-10/h3-6H,1-2H3. The third-order valence-corrected chi connectivity index (χ3v) is 2.71. The third-order valence-electron chi connectivity index (χ3n) is 1.93. The fourth-order valence-electron chi connectivity index (χ4n) is 1.22. The van der Waals surface area contributed by atoms with Gasteiger partial charge < -0.3 is 0 Å². The number of thiazole rings is 1. The fraction of sp³-hybridized carbons (Fsp3) is 0.200. The van der Waals surface area contributed by atoms with E-state index in [0.717, 1.165) is 16.3 Å². The SMILES string of the molecule is Cc1nc(-c2cnccc2C)cs1. The summed E-state index contributed by atoms with van der Waals surface area (Å²) in [4.78, 5) is 8.52. The zero-order valence-corrected chi connectivity index (χ0v) is 8.43. The molecule has 0 spiro atoms. The number of hydrogen-bond acceptors (Lipinski definition) is 3. The molecule has 0 aliphatic carbocycles. The van der Waals surface area contributed by atoms with E-state index in [-0.39, 0.29) is 0 Å². The summed E-state index contributed by atoms with van der Waals surface area (Å²) in [7, 11) is 0. The van der Waals surface area contributed by atoms with E-state index >= 15 is 0 Å². The van der Waals surface area contributed by atoms with E-state index in [4.69, 9.17) is 0 Å². The van der Waals surface area contributed by atoms with Crippen LogP contribution in [0.25, 0.3) is 11.3 Å². The van der Waals surface area contributed by atoms with E-state index < -0.39 is 0 Å². The highest BCUT2D eigenvalue weighted by atomic mass is 32.1. The van der Waals surface area contributed by atoms with E-state index in [1.54, 1.807) is 17.5 Å². The lowest BCUT2D eigenvalue weighted by Gasteiger charge is -1.99. The van der Waals surface area contributed by atoms with Crippen molar-refractivity contribution in [3.05, 3.63) is 34.4 Å². The van der Waals surface area contributed by atoms with Crippen LogP contribution in [-0.4, -0.2) is 9.97 Å². The van der Waals surface area contributed by atoms with Crippen LogP contribution in [0.5, 0.6) is 0 Å². The van der Waals surface area contributed by atoms with Crippen LogP contribution in [0.2, 0.25) is 0 Å². The molecule has 2 nitrogen and oxygen atoms in total. The normalized spacial score (nSPS) is 10.3. The molecule has 0 atom stereocenters. The second kappa shape index (κ2) is 3.26. The van der Waals surface area contributed by atoms with Gasteiger partial charge in [-0.2, -0.15) is 0 Å². The fourth-order valence-corrected chi connectivity index (χ4v) is 1.83. The van der Waals surface area contributed by atoms with Gasteiger partial charge in [-0.25, -0.2) is 4.98 Å². The average Bonchev–Trinajstić information content (AvgIpc) is 2.53. The molecule has 2 aromatic heterocycles. The molecule has 0 amide bonds. The summed E-state index contributed by atoms with van der Waals surface area (Å²) in [6.07, 6.45) is 3.67. The topological polar surface area (TPSA) is 25.8 Å². The maximum absolute atomic E-state index is 4.42. The van der Waals surface area contributed by atoms with Gasteiger partial charge in [0.05, 0.1) is 10.7 Å². The smallest absolute Gasteiger partial charge is 0.0901 e. The molecule has 0 radical (unpaired) electrons. The van der Waals surface area contributed by atoms with Gasteiger partial charge in [-0.05, 0) is 25.5 Å². The molecule has 0 aromatic carbocycles. The predicted molar refractivity (Wildman–Crippen MR) is 54.8 cm³/mol. The molecule has 0 saturated carbocycles. The Morgan fingerprint density at radius 3 is 2.77 bits per heavy atom. The maximum Gasteiger partial charge on any atom is 0.0901 e. The molecule has 0 aliphatic rings. The Morgan fingerprint density at radius 2 is 2.15 bits per heavy atom. The second-order valence-corrected chi connectivity index (χ2v) is 4.00. The first-order valence-corrected chi connectivity index (χ1v) is 4.98. The summed E-state index contributed by atoms with van der Waals surface area (Å²) in [5.41, 5.74) is 3.39. The van der Waals surface area contributed by atoms with Gasteiger partial charge in [-0.15, -0.1) is 11.3 Å². The van der Waals surface area contributed by atoms with Gasteiger partial charge in [0, 0.05) is 23.3 Å². The first-order chi connectivity index (χ1) is 6.27. The van der Waals surface area contributed by atoms with E-state index in [1.807, 2.05) is 19.2 Å². The molecular formula is C10H10N2S. The lowest BCUT2D eigenvalue weighted by atomic mass is 10.1. The number of nitrogens with zero attached hydrogens (tertiary/aromatic N) is 2. The number of pyridine rings is 1. The summed E-state index contributed by atoms with van der Waals surface area (Å²) in [6, 6.07) is 2.00. The van der Waals surface area contributed by atoms with Crippen molar-refractivity contribution in [1.29, 1.82) is 0 Å². The van der Waals surface area contributed by atoms with Gasteiger partial charge in [-0.1, -0.05) is 0 Å². The molecule has 2 aromatic rings. The quantitative estimate of drug-likeness (QED) is 0.691. The van der Waals surface area contributed by atoms with Gasteiger partial charge >= 0.3 is 0 Å². The highest BCUT2D eigenvalue weighted by Gasteiger charge is 2.04. The minimum absolute atomic E-state index is 1.04. The van der Waals surface area contributed by atoms with Crippen LogP contribution in [0, 0.1) is 13.8 Å². The minimum atomic E-state index is 1.04. The van der Waals surface area contributed by atoms with Crippen LogP contribution in [0.4, 0.5) is 0 Å². The van der Waals surface area contributed by atoms with E-state index in [1.165, 1.54) is 5.56 Å². The Kier molecular flexibility index (Phi) is 2.10. The molecule has 3 heteroatoms. The predicted octanol–water partition coefficient (Wildman–Crippen LogP) is 2.82. The van der Waals surface area contributed by atoms with E-state index in [0.29, 0.717) is 0 Å². The van der Waals surface area contributed by atoms with Crippen molar-refractivity contribution in [2.24, 2.45) is 0 Å². The Labute approximate surface area is 81.3 Å². The molecular weight excluding hydrogens is 180 g/mol.